The van der Waals surface area contributed by atoms with Gasteiger partial charge in [0, 0.05) is 6.20 Å². The molecule has 0 atom stereocenters. The van der Waals surface area contributed by atoms with Crippen molar-refractivity contribution in [3.63, 3.8) is 0 Å². The average Bonchev–Trinajstić information content (AvgIpc) is 1.83. The number of halogens is 1. The van der Waals surface area contributed by atoms with Crippen molar-refractivity contribution in [3.8, 4) is 0 Å². The van der Waals surface area contributed by atoms with Crippen molar-refractivity contribution in [2.45, 2.75) is 0 Å². The van der Waals surface area contributed by atoms with Crippen molar-refractivity contribution in [2.24, 2.45) is 0 Å². The number of hydrogen-bond donors (Lipinski definition) is 1. The fourth-order valence-corrected chi connectivity index (χ4v) is 1.04. The van der Waals surface area contributed by atoms with E-state index in [0.717, 1.165) is 8.30 Å². The lowest BCUT2D eigenvalue weighted by Crippen LogP contribution is -1.93. The highest BCUT2D eigenvalue weighted by atomic mass is 127. The first-order chi connectivity index (χ1) is 4.22. The molecule has 1 N–H and O–H groups in total. The topological polar surface area (TPSA) is 25.2 Å². The van der Waals surface area contributed by atoms with Gasteiger partial charge in [0.1, 0.15) is 0 Å². The predicted molar refractivity (Wildman–Crippen MR) is 45.2 cm³/mol. The quantitative estimate of drug-likeness (QED) is 0.435. The van der Waals surface area contributed by atoms with E-state index in [0.29, 0.717) is 4.64 Å². The predicted octanol–water partition coefficient (Wildman–Crippen LogP) is 2.06. The summed E-state index contributed by atoms with van der Waals surface area (Å²) in [5, 5.41) is 8.91. The van der Waals surface area contributed by atoms with E-state index in [4.69, 9.17) is 17.4 Å². The van der Waals surface area contributed by atoms with E-state index in [2.05, 4.69) is 22.6 Å². The second-order valence-electron chi connectivity index (χ2n) is 1.51. The zero-order valence-electron chi connectivity index (χ0n) is 4.41. The number of nitrogens with zero attached hydrogens (tertiary/aromatic N) is 1. The molecular weight excluding hydrogens is 249 g/mol. The lowest BCUT2D eigenvalue weighted by Gasteiger charge is -1.95. The minimum absolute atomic E-state index is 0.457. The van der Waals surface area contributed by atoms with Gasteiger partial charge >= 0.3 is 0 Å². The highest BCUT2D eigenvalue weighted by Gasteiger charge is 1.89. The highest BCUT2D eigenvalue weighted by molar-refractivity contribution is 14.1. The smallest absolute Gasteiger partial charge is 0.155 e. The molecule has 48 valence electrons. The summed E-state index contributed by atoms with van der Waals surface area (Å²) >= 11 is 6.86. The first-order valence-corrected chi connectivity index (χ1v) is 3.77. The van der Waals surface area contributed by atoms with Gasteiger partial charge in [-0.3, -0.25) is 0 Å². The van der Waals surface area contributed by atoms with E-state index < -0.39 is 0 Å². The lowest BCUT2D eigenvalue weighted by atomic mass is 10.5. The van der Waals surface area contributed by atoms with Crippen molar-refractivity contribution in [1.82, 2.24) is 4.73 Å². The molecule has 1 aromatic heterocycles. The van der Waals surface area contributed by atoms with E-state index in [9.17, 15) is 0 Å². The standard InChI is InChI=1S/C5H4INOS/c6-4-2-1-3-7(8)5(4)9/h1-3,8H. The van der Waals surface area contributed by atoms with Crippen LogP contribution in [0.3, 0.4) is 0 Å². The third-order valence-corrected chi connectivity index (χ3v) is 2.53. The van der Waals surface area contributed by atoms with Gasteiger partial charge in [-0.05, 0) is 34.7 Å². The first-order valence-electron chi connectivity index (χ1n) is 2.28. The fourth-order valence-electron chi connectivity index (χ4n) is 0.457. The lowest BCUT2D eigenvalue weighted by molar-refractivity contribution is 0.179. The van der Waals surface area contributed by atoms with Gasteiger partial charge in [-0.1, -0.05) is 12.2 Å². The van der Waals surface area contributed by atoms with Crippen LogP contribution in [-0.2, 0) is 0 Å². The van der Waals surface area contributed by atoms with Crippen LogP contribution in [0, 0.1) is 8.21 Å². The third-order valence-electron chi connectivity index (χ3n) is 0.882. The summed E-state index contributed by atoms with van der Waals surface area (Å²) < 4.78 is 2.27. The van der Waals surface area contributed by atoms with Crippen LogP contribution in [0.15, 0.2) is 18.3 Å². The van der Waals surface area contributed by atoms with Crippen molar-refractivity contribution >= 4 is 34.8 Å². The van der Waals surface area contributed by atoms with Crippen molar-refractivity contribution < 1.29 is 5.21 Å². The van der Waals surface area contributed by atoms with Crippen molar-refractivity contribution in [2.75, 3.05) is 0 Å². The highest BCUT2D eigenvalue weighted by Crippen LogP contribution is 2.03. The molecule has 0 aliphatic heterocycles. The number of aromatic nitrogens is 1. The van der Waals surface area contributed by atoms with Crippen LogP contribution < -0.4 is 0 Å². The minimum Gasteiger partial charge on any atom is -0.428 e. The van der Waals surface area contributed by atoms with Crippen LogP contribution in [0.4, 0.5) is 0 Å². The first kappa shape index (κ1) is 7.01. The van der Waals surface area contributed by atoms with Gasteiger partial charge in [-0.25, -0.2) is 0 Å². The molecule has 0 aliphatic carbocycles. The molecule has 0 saturated heterocycles. The van der Waals surface area contributed by atoms with E-state index in [-0.39, 0.29) is 0 Å². The summed E-state index contributed by atoms with van der Waals surface area (Å²) in [4.78, 5) is 0. The molecule has 0 fully saturated rings. The Kier molecular flexibility index (Phi) is 2.07. The molecule has 1 rings (SSSR count). The monoisotopic (exact) mass is 253 g/mol. The normalized spacial score (nSPS) is 9.44. The molecule has 1 heterocycles. The maximum absolute atomic E-state index is 8.91. The van der Waals surface area contributed by atoms with Gasteiger partial charge in [0.05, 0.1) is 3.57 Å². The molecular formula is C5H4INOS. The summed E-state index contributed by atoms with van der Waals surface area (Å²) in [6.07, 6.45) is 1.50. The Labute approximate surface area is 71.2 Å². The molecule has 4 heteroatoms. The molecule has 0 aliphatic rings. The zero-order chi connectivity index (χ0) is 6.85. The van der Waals surface area contributed by atoms with E-state index in [1.165, 1.54) is 6.20 Å². The van der Waals surface area contributed by atoms with Crippen molar-refractivity contribution in [1.29, 1.82) is 0 Å². The summed E-state index contributed by atoms with van der Waals surface area (Å²) in [5.74, 6) is 0. The maximum Gasteiger partial charge on any atom is 0.155 e. The Morgan fingerprint density at radius 3 is 2.78 bits per heavy atom. The largest absolute Gasteiger partial charge is 0.428 e. The Balaban J connectivity index is 3.43. The fraction of sp³-hybridized carbons (Fsp3) is 0. The van der Waals surface area contributed by atoms with Gasteiger partial charge < -0.3 is 5.21 Å². The molecule has 0 amide bonds. The average molecular weight is 253 g/mol. The summed E-state index contributed by atoms with van der Waals surface area (Å²) in [5.41, 5.74) is 0. The van der Waals surface area contributed by atoms with E-state index in [1.807, 2.05) is 6.07 Å². The Morgan fingerprint density at radius 2 is 2.33 bits per heavy atom. The molecule has 0 unspecified atom stereocenters. The molecule has 0 bridgehead atoms. The van der Waals surface area contributed by atoms with Crippen LogP contribution in [0.1, 0.15) is 0 Å². The molecule has 1 aromatic rings. The molecule has 0 spiro atoms. The Hall–Kier alpha value is -0.100. The SMILES string of the molecule is On1cccc(I)c1=S. The molecule has 2 nitrogen and oxygen atoms in total. The van der Waals surface area contributed by atoms with Gasteiger partial charge in [-0.2, -0.15) is 4.73 Å². The Bertz CT molecular complexity index is 247. The molecule has 9 heavy (non-hydrogen) atoms. The van der Waals surface area contributed by atoms with Crippen LogP contribution in [0.2, 0.25) is 0 Å². The molecule has 0 aromatic carbocycles. The third kappa shape index (κ3) is 1.42. The zero-order valence-corrected chi connectivity index (χ0v) is 7.39. The van der Waals surface area contributed by atoms with Crippen LogP contribution >= 0.6 is 34.8 Å². The molecule has 0 saturated carbocycles. The van der Waals surface area contributed by atoms with Gasteiger partial charge in [0.25, 0.3) is 0 Å². The second-order valence-corrected chi connectivity index (χ2v) is 3.05. The second kappa shape index (κ2) is 2.66. The Morgan fingerprint density at radius 1 is 1.67 bits per heavy atom. The number of pyridine rings is 1. The van der Waals surface area contributed by atoms with Crippen LogP contribution in [-0.4, -0.2) is 9.94 Å². The number of rotatable bonds is 0. The summed E-state index contributed by atoms with van der Waals surface area (Å²) in [6, 6.07) is 3.58. The van der Waals surface area contributed by atoms with Gasteiger partial charge in [0.15, 0.2) is 4.64 Å². The minimum atomic E-state index is 0.457. The summed E-state index contributed by atoms with van der Waals surface area (Å²) in [7, 11) is 0. The van der Waals surface area contributed by atoms with E-state index >= 15 is 0 Å². The molecule has 0 radical (unpaired) electrons. The van der Waals surface area contributed by atoms with Crippen LogP contribution in [0.5, 0.6) is 0 Å². The van der Waals surface area contributed by atoms with Crippen molar-refractivity contribution in [3.05, 3.63) is 26.5 Å². The summed E-state index contributed by atoms with van der Waals surface area (Å²) in [6.45, 7) is 0. The van der Waals surface area contributed by atoms with Crippen LogP contribution in [0.25, 0.3) is 0 Å². The van der Waals surface area contributed by atoms with E-state index in [1.54, 1.807) is 6.07 Å². The van der Waals surface area contributed by atoms with Gasteiger partial charge in [0.2, 0.25) is 0 Å². The van der Waals surface area contributed by atoms with Gasteiger partial charge in [-0.15, -0.1) is 0 Å². The number of hydrogen-bond acceptors (Lipinski definition) is 2. The maximum atomic E-state index is 8.91.